The van der Waals surface area contributed by atoms with Gasteiger partial charge < -0.3 is 4.74 Å². The Balaban J connectivity index is 1.93. The molecule has 0 aliphatic heterocycles. The van der Waals surface area contributed by atoms with Crippen LogP contribution in [-0.2, 0) is 0 Å². The van der Waals surface area contributed by atoms with E-state index in [1.807, 2.05) is 0 Å². The van der Waals surface area contributed by atoms with Crippen molar-refractivity contribution in [3.8, 4) is 5.75 Å². The highest BCUT2D eigenvalue weighted by molar-refractivity contribution is 7.22. The van der Waals surface area contributed by atoms with E-state index in [2.05, 4.69) is 10.3 Å². The van der Waals surface area contributed by atoms with Crippen LogP contribution < -0.4 is 10.1 Å². The summed E-state index contributed by atoms with van der Waals surface area (Å²) in [6, 6.07) is 7.18. The van der Waals surface area contributed by atoms with E-state index in [1.165, 1.54) is 37.4 Å². The van der Waals surface area contributed by atoms with Crippen molar-refractivity contribution < 1.29 is 14.5 Å². The number of methoxy groups -OCH3 is 1. The van der Waals surface area contributed by atoms with Crippen LogP contribution in [0.25, 0.3) is 10.2 Å². The largest absolute Gasteiger partial charge is 0.494 e. The SMILES string of the molecule is COc1c(Cl)cc(Cl)cc1C(=O)Nc1nc2ccc([N+](=O)[O-])cc2s1. The molecule has 25 heavy (non-hydrogen) atoms. The van der Waals surface area contributed by atoms with E-state index >= 15 is 0 Å². The van der Waals surface area contributed by atoms with Gasteiger partial charge in [0.2, 0.25) is 0 Å². The van der Waals surface area contributed by atoms with Crippen molar-refractivity contribution in [1.29, 1.82) is 0 Å². The number of nitro benzene ring substituents is 1. The van der Waals surface area contributed by atoms with Crippen LogP contribution in [-0.4, -0.2) is 22.9 Å². The molecule has 0 aliphatic carbocycles. The zero-order chi connectivity index (χ0) is 18.1. The van der Waals surface area contributed by atoms with Crippen LogP contribution in [0.5, 0.6) is 5.75 Å². The minimum atomic E-state index is -0.505. The fourth-order valence-electron chi connectivity index (χ4n) is 2.18. The number of nitrogens with one attached hydrogen (secondary N) is 1. The maximum Gasteiger partial charge on any atom is 0.270 e. The number of anilines is 1. The predicted molar refractivity (Wildman–Crippen MR) is 97.2 cm³/mol. The standard InChI is InChI=1S/C15H9Cl2N3O4S/c1-24-13-9(4-7(16)5-10(13)17)14(21)19-15-18-11-3-2-8(20(22)23)6-12(11)25-15/h2-6H,1H3,(H,18,19,21). The van der Waals surface area contributed by atoms with Crippen LogP contribution in [0.2, 0.25) is 10.0 Å². The second kappa shape index (κ2) is 6.83. The summed E-state index contributed by atoms with van der Waals surface area (Å²) in [6.07, 6.45) is 0. The Morgan fingerprint density at radius 1 is 1.32 bits per heavy atom. The first-order chi connectivity index (χ1) is 11.9. The van der Waals surface area contributed by atoms with E-state index in [-0.39, 0.29) is 27.0 Å². The highest BCUT2D eigenvalue weighted by Crippen LogP contribution is 2.34. The van der Waals surface area contributed by atoms with Gasteiger partial charge in [0.25, 0.3) is 11.6 Å². The van der Waals surface area contributed by atoms with Gasteiger partial charge in [-0.3, -0.25) is 20.2 Å². The monoisotopic (exact) mass is 397 g/mol. The van der Waals surface area contributed by atoms with E-state index in [4.69, 9.17) is 27.9 Å². The number of carbonyl (C=O) groups is 1. The number of amides is 1. The third kappa shape index (κ3) is 3.51. The van der Waals surface area contributed by atoms with Gasteiger partial charge in [-0.2, -0.15) is 0 Å². The smallest absolute Gasteiger partial charge is 0.270 e. The van der Waals surface area contributed by atoms with Crippen molar-refractivity contribution in [3.63, 3.8) is 0 Å². The van der Waals surface area contributed by atoms with Gasteiger partial charge in [-0.25, -0.2) is 4.98 Å². The molecule has 0 bridgehead atoms. The minimum Gasteiger partial charge on any atom is -0.494 e. The van der Waals surface area contributed by atoms with Gasteiger partial charge in [-0.15, -0.1) is 0 Å². The van der Waals surface area contributed by atoms with Gasteiger partial charge >= 0.3 is 0 Å². The molecule has 128 valence electrons. The first kappa shape index (κ1) is 17.4. The number of carbonyl (C=O) groups excluding carboxylic acids is 1. The molecule has 3 aromatic rings. The first-order valence-corrected chi connectivity index (χ1v) is 8.35. The van der Waals surface area contributed by atoms with Gasteiger partial charge in [-0.1, -0.05) is 34.5 Å². The molecule has 0 radical (unpaired) electrons. The third-order valence-corrected chi connectivity index (χ3v) is 4.69. The number of hydrogen-bond acceptors (Lipinski definition) is 6. The summed E-state index contributed by atoms with van der Waals surface area (Å²) >= 11 is 13.1. The van der Waals surface area contributed by atoms with Gasteiger partial charge in [0.1, 0.15) is 5.75 Å². The van der Waals surface area contributed by atoms with Crippen molar-refractivity contribution in [1.82, 2.24) is 4.98 Å². The molecule has 1 N–H and O–H groups in total. The molecule has 0 unspecified atom stereocenters. The molecule has 2 aromatic carbocycles. The first-order valence-electron chi connectivity index (χ1n) is 6.78. The Morgan fingerprint density at radius 3 is 2.76 bits per heavy atom. The molecule has 0 aliphatic rings. The second-order valence-electron chi connectivity index (χ2n) is 4.85. The lowest BCUT2D eigenvalue weighted by molar-refractivity contribution is -0.384. The highest BCUT2D eigenvalue weighted by Gasteiger charge is 2.19. The number of nitrogens with zero attached hydrogens (tertiary/aromatic N) is 2. The van der Waals surface area contributed by atoms with Crippen LogP contribution in [0.3, 0.4) is 0 Å². The van der Waals surface area contributed by atoms with E-state index in [1.54, 1.807) is 0 Å². The van der Waals surface area contributed by atoms with E-state index < -0.39 is 10.8 Å². The number of halogens is 2. The van der Waals surface area contributed by atoms with Crippen molar-refractivity contribution in [2.24, 2.45) is 0 Å². The number of non-ortho nitro benzene ring substituents is 1. The maximum absolute atomic E-state index is 12.5. The Labute approximate surface area is 155 Å². The fraction of sp³-hybridized carbons (Fsp3) is 0.0667. The molecule has 0 saturated carbocycles. The molecular weight excluding hydrogens is 389 g/mol. The van der Waals surface area contributed by atoms with E-state index in [9.17, 15) is 14.9 Å². The van der Waals surface area contributed by atoms with Crippen LogP contribution >= 0.6 is 34.5 Å². The Bertz CT molecular complexity index is 1010. The summed E-state index contributed by atoms with van der Waals surface area (Å²) < 4.78 is 5.73. The Hall–Kier alpha value is -2.42. The number of aromatic nitrogens is 1. The summed E-state index contributed by atoms with van der Waals surface area (Å²) in [5.74, 6) is -0.310. The number of nitro groups is 1. The molecule has 0 atom stereocenters. The minimum absolute atomic E-state index is 0.0441. The zero-order valence-corrected chi connectivity index (χ0v) is 14.9. The normalized spacial score (nSPS) is 10.7. The number of rotatable bonds is 4. The molecule has 0 spiro atoms. The van der Waals surface area contributed by atoms with Crippen molar-refractivity contribution >= 4 is 61.5 Å². The number of thiazole rings is 1. The molecule has 10 heteroatoms. The number of hydrogen-bond donors (Lipinski definition) is 1. The van der Waals surface area contributed by atoms with Crippen LogP contribution in [0, 0.1) is 10.1 Å². The number of fused-ring (bicyclic) bond motifs is 1. The maximum atomic E-state index is 12.5. The molecule has 1 amide bonds. The lowest BCUT2D eigenvalue weighted by Crippen LogP contribution is -2.13. The summed E-state index contributed by atoms with van der Waals surface area (Å²) in [5.41, 5.74) is 0.657. The quantitative estimate of drug-likeness (QED) is 0.505. The number of ether oxygens (including phenoxy) is 1. The van der Waals surface area contributed by atoms with Crippen molar-refractivity contribution in [2.75, 3.05) is 12.4 Å². The molecule has 0 fully saturated rings. The molecule has 0 saturated heterocycles. The van der Waals surface area contributed by atoms with Gasteiger partial charge in [-0.05, 0) is 18.2 Å². The molecule has 3 rings (SSSR count). The van der Waals surface area contributed by atoms with Crippen LogP contribution in [0.15, 0.2) is 30.3 Å². The summed E-state index contributed by atoms with van der Waals surface area (Å²) in [5, 5.41) is 14.2. The lowest BCUT2D eigenvalue weighted by Gasteiger charge is -2.10. The van der Waals surface area contributed by atoms with Gasteiger partial charge in [0.15, 0.2) is 5.13 Å². The van der Waals surface area contributed by atoms with Crippen LogP contribution in [0.1, 0.15) is 10.4 Å². The van der Waals surface area contributed by atoms with E-state index in [0.717, 1.165) is 11.3 Å². The molecule has 1 heterocycles. The topological polar surface area (TPSA) is 94.4 Å². The van der Waals surface area contributed by atoms with Crippen molar-refractivity contribution in [2.45, 2.75) is 0 Å². The fourth-order valence-corrected chi connectivity index (χ4v) is 3.65. The highest BCUT2D eigenvalue weighted by atomic mass is 35.5. The van der Waals surface area contributed by atoms with Gasteiger partial charge in [0, 0.05) is 17.2 Å². The average Bonchev–Trinajstić information content (AvgIpc) is 2.95. The lowest BCUT2D eigenvalue weighted by atomic mass is 10.2. The van der Waals surface area contributed by atoms with Crippen LogP contribution in [0.4, 0.5) is 10.8 Å². The van der Waals surface area contributed by atoms with Crippen molar-refractivity contribution in [3.05, 3.63) is 56.1 Å². The summed E-state index contributed by atoms with van der Waals surface area (Å²) in [4.78, 5) is 27.1. The van der Waals surface area contributed by atoms with Gasteiger partial charge in [0.05, 0.1) is 32.8 Å². The Kier molecular flexibility index (Phi) is 4.76. The molecular formula is C15H9Cl2N3O4S. The van der Waals surface area contributed by atoms with E-state index in [0.29, 0.717) is 15.3 Å². The zero-order valence-electron chi connectivity index (χ0n) is 12.6. The predicted octanol–water partition coefficient (Wildman–Crippen LogP) is 4.77. The Morgan fingerprint density at radius 2 is 2.08 bits per heavy atom. The average molecular weight is 398 g/mol. The molecule has 1 aromatic heterocycles. The summed E-state index contributed by atoms with van der Waals surface area (Å²) in [7, 11) is 1.39. The second-order valence-corrected chi connectivity index (χ2v) is 6.72. The number of benzene rings is 2. The third-order valence-electron chi connectivity index (χ3n) is 3.26. The summed E-state index contributed by atoms with van der Waals surface area (Å²) in [6.45, 7) is 0. The molecule has 7 nitrogen and oxygen atoms in total.